The number of amides is 2. The van der Waals surface area contributed by atoms with Crippen LogP contribution < -0.4 is 5.32 Å². The van der Waals surface area contributed by atoms with Gasteiger partial charge in [0.1, 0.15) is 5.82 Å². The van der Waals surface area contributed by atoms with Crippen molar-refractivity contribution in [2.75, 3.05) is 19.6 Å². The van der Waals surface area contributed by atoms with Crippen molar-refractivity contribution >= 4 is 11.8 Å². The molecule has 1 aromatic carbocycles. The molecule has 1 aromatic rings. The van der Waals surface area contributed by atoms with Crippen molar-refractivity contribution in [1.29, 1.82) is 0 Å². The third-order valence-electron chi connectivity index (χ3n) is 4.32. The van der Waals surface area contributed by atoms with Crippen LogP contribution in [0.25, 0.3) is 0 Å². The lowest BCUT2D eigenvalue weighted by atomic mass is 9.97. The molecule has 5 heteroatoms. The molecule has 0 atom stereocenters. The van der Waals surface area contributed by atoms with Gasteiger partial charge in [0.15, 0.2) is 0 Å². The fourth-order valence-electron chi connectivity index (χ4n) is 2.88. The maximum atomic E-state index is 13.5. The maximum absolute atomic E-state index is 13.5. The second kappa shape index (κ2) is 9.21. The van der Waals surface area contributed by atoms with Gasteiger partial charge < -0.3 is 10.2 Å². The molecule has 2 rings (SSSR count). The Balaban J connectivity index is 1.79. The zero-order valence-electron chi connectivity index (χ0n) is 14.2. The highest BCUT2D eigenvalue weighted by Crippen LogP contribution is 2.20. The van der Waals surface area contributed by atoms with Gasteiger partial charge in [0.2, 0.25) is 5.91 Å². The van der Waals surface area contributed by atoms with E-state index in [9.17, 15) is 14.0 Å². The van der Waals surface area contributed by atoms with Crippen LogP contribution in [0, 0.1) is 5.82 Å². The Labute approximate surface area is 142 Å². The third-order valence-corrected chi connectivity index (χ3v) is 4.32. The lowest BCUT2D eigenvalue weighted by Crippen LogP contribution is -2.38. The van der Waals surface area contributed by atoms with E-state index in [0.29, 0.717) is 19.6 Å². The van der Waals surface area contributed by atoms with Crippen LogP contribution in [-0.2, 0) is 4.79 Å². The zero-order chi connectivity index (χ0) is 17.4. The Hall–Kier alpha value is -2.17. The standard InChI is InChI=1S/C19H25FN2O2/c1-15(23)22(13-11-16-7-3-2-4-8-16)14-12-21-19(24)17-9-5-6-10-18(17)20/h5-7,9-10H,2-4,8,11-14H2,1H3,(H,21,24). The molecule has 2 amide bonds. The number of allylic oxidation sites excluding steroid dienone is 1. The van der Waals surface area contributed by atoms with Gasteiger partial charge in [0, 0.05) is 26.6 Å². The molecule has 130 valence electrons. The molecule has 0 saturated carbocycles. The number of nitrogens with zero attached hydrogens (tertiary/aromatic N) is 1. The van der Waals surface area contributed by atoms with Gasteiger partial charge in [-0.05, 0) is 44.2 Å². The highest BCUT2D eigenvalue weighted by molar-refractivity contribution is 5.94. The van der Waals surface area contributed by atoms with Crippen LogP contribution in [0.3, 0.4) is 0 Å². The van der Waals surface area contributed by atoms with Gasteiger partial charge >= 0.3 is 0 Å². The summed E-state index contributed by atoms with van der Waals surface area (Å²) in [7, 11) is 0. The first-order valence-electron chi connectivity index (χ1n) is 8.54. The van der Waals surface area contributed by atoms with E-state index in [-0.39, 0.29) is 11.5 Å². The summed E-state index contributed by atoms with van der Waals surface area (Å²) >= 11 is 0. The second-order valence-corrected chi connectivity index (χ2v) is 6.10. The molecule has 0 aromatic heterocycles. The molecule has 0 bridgehead atoms. The van der Waals surface area contributed by atoms with Crippen LogP contribution in [0.5, 0.6) is 0 Å². The van der Waals surface area contributed by atoms with Crippen molar-refractivity contribution in [3.8, 4) is 0 Å². The number of halogens is 1. The predicted octanol–water partition coefficient (Wildman–Crippen LogP) is 3.29. The van der Waals surface area contributed by atoms with Gasteiger partial charge in [-0.3, -0.25) is 9.59 Å². The molecule has 0 heterocycles. The fraction of sp³-hybridized carbons (Fsp3) is 0.474. The molecule has 4 nitrogen and oxygen atoms in total. The van der Waals surface area contributed by atoms with Gasteiger partial charge in [0.05, 0.1) is 5.56 Å². The minimum Gasteiger partial charge on any atom is -0.350 e. The van der Waals surface area contributed by atoms with Crippen LogP contribution in [0.4, 0.5) is 4.39 Å². The Morgan fingerprint density at radius 1 is 1.21 bits per heavy atom. The fourth-order valence-corrected chi connectivity index (χ4v) is 2.88. The number of hydrogen-bond donors (Lipinski definition) is 1. The summed E-state index contributed by atoms with van der Waals surface area (Å²) in [5.74, 6) is -0.999. The van der Waals surface area contributed by atoms with Gasteiger partial charge in [0.25, 0.3) is 5.91 Å². The Morgan fingerprint density at radius 2 is 2.00 bits per heavy atom. The lowest BCUT2D eigenvalue weighted by Gasteiger charge is -2.23. The minimum absolute atomic E-state index is 0.00782. The van der Waals surface area contributed by atoms with Crippen molar-refractivity contribution in [1.82, 2.24) is 10.2 Å². The molecular weight excluding hydrogens is 307 g/mol. The maximum Gasteiger partial charge on any atom is 0.254 e. The minimum atomic E-state index is -0.539. The topological polar surface area (TPSA) is 49.4 Å². The van der Waals surface area contributed by atoms with Crippen LogP contribution in [0.15, 0.2) is 35.9 Å². The van der Waals surface area contributed by atoms with E-state index in [4.69, 9.17) is 0 Å². The van der Waals surface area contributed by atoms with Gasteiger partial charge in [-0.1, -0.05) is 23.8 Å². The number of carbonyl (C=O) groups excluding carboxylic acids is 2. The van der Waals surface area contributed by atoms with Gasteiger partial charge in [-0.2, -0.15) is 0 Å². The smallest absolute Gasteiger partial charge is 0.254 e. The van der Waals surface area contributed by atoms with E-state index in [1.54, 1.807) is 17.0 Å². The first-order chi connectivity index (χ1) is 11.6. The highest BCUT2D eigenvalue weighted by atomic mass is 19.1. The van der Waals surface area contributed by atoms with Crippen molar-refractivity contribution < 1.29 is 14.0 Å². The third kappa shape index (κ3) is 5.48. The van der Waals surface area contributed by atoms with Crippen LogP contribution in [0.1, 0.15) is 49.4 Å². The van der Waals surface area contributed by atoms with E-state index < -0.39 is 11.7 Å². The van der Waals surface area contributed by atoms with Crippen LogP contribution in [0.2, 0.25) is 0 Å². The van der Waals surface area contributed by atoms with Gasteiger partial charge in [-0.15, -0.1) is 0 Å². The molecule has 0 unspecified atom stereocenters. The van der Waals surface area contributed by atoms with E-state index in [1.807, 2.05) is 0 Å². The molecule has 0 spiro atoms. The van der Waals surface area contributed by atoms with E-state index in [1.165, 1.54) is 37.5 Å². The Morgan fingerprint density at radius 3 is 2.67 bits per heavy atom. The van der Waals surface area contributed by atoms with Crippen LogP contribution in [-0.4, -0.2) is 36.3 Å². The van der Waals surface area contributed by atoms with E-state index in [2.05, 4.69) is 11.4 Å². The molecule has 24 heavy (non-hydrogen) atoms. The first kappa shape index (κ1) is 18.2. The van der Waals surface area contributed by atoms with Crippen LogP contribution >= 0.6 is 0 Å². The Kier molecular flexibility index (Phi) is 6.97. The molecule has 1 aliphatic rings. The molecule has 0 aliphatic heterocycles. The van der Waals surface area contributed by atoms with E-state index in [0.717, 1.165) is 19.3 Å². The highest BCUT2D eigenvalue weighted by Gasteiger charge is 2.13. The summed E-state index contributed by atoms with van der Waals surface area (Å²) in [6.07, 6.45) is 7.90. The summed E-state index contributed by atoms with van der Waals surface area (Å²) in [6, 6.07) is 5.87. The quantitative estimate of drug-likeness (QED) is 0.779. The lowest BCUT2D eigenvalue weighted by molar-refractivity contribution is -0.128. The van der Waals surface area contributed by atoms with Gasteiger partial charge in [-0.25, -0.2) is 4.39 Å². The average molecular weight is 332 g/mol. The summed E-state index contributed by atoms with van der Waals surface area (Å²) in [5, 5.41) is 2.68. The van der Waals surface area contributed by atoms with E-state index >= 15 is 0 Å². The van der Waals surface area contributed by atoms with Crippen molar-refractivity contribution in [3.63, 3.8) is 0 Å². The average Bonchev–Trinajstić information content (AvgIpc) is 2.58. The number of carbonyl (C=O) groups is 2. The molecule has 0 saturated heterocycles. The SMILES string of the molecule is CC(=O)N(CCNC(=O)c1ccccc1F)CCC1=CCCCC1. The molecule has 0 fully saturated rings. The zero-order valence-corrected chi connectivity index (χ0v) is 14.2. The summed E-state index contributed by atoms with van der Waals surface area (Å²) in [5.41, 5.74) is 1.45. The molecule has 1 aliphatic carbocycles. The summed E-state index contributed by atoms with van der Waals surface area (Å²) < 4.78 is 13.5. The Bertz CT molecular complexity index is 613. The molecular formula is C19H25FN2O2. The predicted molar refractivity (Wildman–Crippen MR) is 92.2 cm³/mol. The number of nitrogens with one attached hydrogen (secondary N) is 1. The normalized spacial score (nSPS) is 14.0. The van der Waals surface area contributed by atoms with Crippen molar-refractivity contribution in [2.24, 2.45) is 0 Å². The number of rotatable bonds is 7. The molecule has 1 N–H and O–H groups in total. The first-order valence-corrected chi connectivity index (χ1v) is 8.54. The number of hydrogen-bond acceptors (Lipinski definition) is 2. The number of benzene rings is 1. The summed E-state index contributed by atoms with van der Waals surface area (Å²) in [4.78, 5) is 25.4. The second-order valence-electron chi connectivity index (χ2n) is 6.10. The largest absolute Gasteiger partial charge is 0.350 e. The molecule has 0 radical (unpaired) electrons. The van der Waals surface area contributed by atoms with Crippen molar-refractivity contribution in [3.05, 3.63) is 47.3 Å². The summed E-state index contributed by atoms with van der Waals surface area (Å²) in [6.45, 7) is 2.94. The van der Waals surface area contributed by atoms with Crippen molar-refractivity contribution in [2.45, 2.75) is 39.0 Å². The monoisotopic (exact) mass is 332 g/mol.